The van der Waals surface area contributed by atoms with Gasteiger partial charge in [0.1, 0.15) is 10.7 Å². The second kappa shape index (κ2) is 7.97. The van der Waals surface area contributed by atoms with Crippen molar-refractivity contribution in [3.05, 3.63) is 49.9 Å². The lowest BCUT2D eigenvalue weighted by molar-refractivity contribution is -0.384. The smallest absolute Gasteiger partial charge is 0.341 e. The molecule has 9 heteroatoms. The number of nitro groups is 1. The van der Waals surface area contributed by atoms with Gasteiger partial charge in [-0.3, -0.25) is 14.9 Å². The van der Waals surface area contributed by atoms with E-state index in [1.165, 1.54) is 23.5 Å². The highest BCUT2D eigenvalue weighted by atomic mass is 32.1. The minimum absolute atomic E-state index is 0.145. The Hall–Kier alpha value is -2.94. The maximum atomic E-state index is 12.7. The predicted molar refractivity (Wildman–Crippen MR) is 107 cm³/mol. The van der Waals surface area contributed by atoms with Gasteiger partial charge in [0, 0.05) is 22.5 Å². The van der Waals surface area contributed by atoms with Gasteiger partial charge in [0.25, 0.3) is 11.6 Å². The molecule has 0 saturated heterocycles. The number of nitrogens with zero attached hydrogens (tertiary/aromatic N) is 1. The van der Waals surface area contributed by atoms with Crippen LogP contribution in [0, 0.1) is 24.0 Å². The number of esters is 1. The van der Waals surface area contributed by atoms with Crippen molar-refractivity contribution >= 4 is 39.6 Å². The maximum absolute atomic E-state index is 12.7. The van der Waals surface area contributed by atoms with Gasteiger partial charge in [0.05, 0.1) is 17.1 Å². The molecular weight excluding hydrogens is 382 g/mol. The highest BCUT2D eigenvalue weighted by molar-refractivity contribution is 7.16. The molecule has 3 rings (SSSR count). The summed E-state index contributed by atoms with van der Waals surface area (Å²) in [7, 11) is 0. The number of thiophene rings is 1. The third kappa shape index (κ3) is 4.14. The predicted octanol–water partition coefficient (Wildman–Crippen LogP) is 4.28. The molecule has 1 aromatic heterocycles. The van der Waals surface area contributed by atoms with Gasteiger partial charge in [-0.15, -0.1) is 11.3 Å². The number of hydrogen-bond acceptors (Lipinski definition) is 7. The molecule has 1 aliphatic carbocycles. The number of carbonyl (C=O) groups excluding carboxylic acids is 2. The van der Waals surface area contributed by atoms with Crippen LogP contribution in [-0.4, -0.2) is 29.4 Å². The van der Waals surface area contributed by atoms with Crippen molar-refractivity contribution in [3.63, 3.8) is 0 Å². The van der Waals surface area contributed by atoms with Crippen molar-refractivity contribution < 1.29 is 19.2 Å². The minimum atomic E-state index is -0.520. The highest BCUT2D eigenvalue weighted by Gasteiger charge is 2.26. The van der Waals surface area contributed by atoms with Crippen molar-refractivity contribution in [2.75, 3.05) is 17.2 Å². The lowest BCUT2D eigenvalue weighted by atomic mass is 10.1. The first-order valence-corrected chi connectivity index (χ1v) is 9.76. The van der Waals surface area contributed by atoms with E-state index in [2.05, 4.69) is 10.6 Å². The van der Waals surface area contributed by atoms with Gasteiger partial charge in [-0.2, -0.15) is 0 Å². The molecule has 148 valence electrons. The Bertz CT molecular complexity index is 949. The van der Waals surface area contributed by atoms with E-state index >= 15 is 0 Å². The normalized spacial score (nSPS) is 13.1. The van der Waals surface area contributed by atoms with E-state index in [4.69, 9.17) is 4.74 Å². The van der Waals surface area contributed by atoms with E-state index in [9.17, 15) is 19.7 Å². The molecule has 0 atom stereocenters. The molecule has 1 saturated carbocycles. The third-order valence-electron chi connectivity index (χ3n) is 4.49. The second-order valence-electron chi connectivity index (χ2n) is 6.57. The van der Waals surface area contributed by atoms with Crippen LogP contribution in [0.3, 0.4) is 0 Å². The average Bonchev–Trinajstić information content (AvgIpc) is 3.41. The molecule has 2 N–H and O–H groups in total. The average molecular weight is 403 g/mol. The molecule has 1 amide bonds. The largest absolute Gasteiger partial charge is 0.462 e. The molecule has 2 aromatic rings. The molecule has 28 heavy (non-hydrogen) atoms. The summed E-state index contributed by atoms with van der Waals surface area (Å²) in [5.41, 5.74) is 1.46. The van der Waals surface area contributed by atoms with Crippen LogP contribution in [0.2, 0.25) is 0 Å². The fraction of sp³-hybridized carbons (Fsp3) is 0.368. The molecule has 1 aliphatic rings. The van der Waals surface area contributed by atoms with Crippen molar-refractivity contribution in [2.45, 2.75) is 39.7 Å². The summed E-state index contributed by atoms with van der Waals surface area (Å²) in [4.78, 5) is 36.7. The Labute approximate surface area is 166 Å². The van der Waals surface area contributed by atoms with Crippen molar-refractivity contribution in [3.8, 4) is 0 Å². The topological polar surface area (TPSA) is 111 Å². The first kappa shape index (κ1) is 19.8. The Morgan fingerprint density at radius 3 is 2.64 bits per heavy atom. The van der Waals surface area contributed by atoms with E-state index in [1.807, 2.05) is 6.92 Å². The number of nitrogens with one attached hydrogen (secondary N) is 2. The van der Waals surface area contributed by atoms with Gasteiger partial charge in [-0.1, -0.05) is 0 Å². The number of benzene rings is 1. The van der Waals surface area contributed by atoms with E-state index in [0.29, 0.717) is 16.3 Å². The van der Waals surface area contributed by atoms with Gasteiger partial charge in [-0.05, 0) is 51.3 Å². The number of nitro benzene ring substituents is 1. The molecule has 1 fully saturated rings. The zero-order chi connectivity index (χ0) is 20.4. The van der Waals surface area contributed by atoms with Crippen LogP contribution in [0.15, 0.2) is 18.2 Å². The number of carbonyl (C=O) groups is 2. The van der Waals surface area contributed by atoms with Crippen LogP contribution in [0.4, 0.5) is 16.4 Å². The van der Waals surface area contributed by atoms with Crippen molar-refractivity contribution in [2.24, 2.45) is 0 Å². The number of rotatable bonds is 7. The van der Waals surface area contributed by atoms with Crippen LogP contribution in [-0.2, 0) is 4.74 Å². The molecule has 0 bridgehead atoms. The van der Waals surface area contributed by atoms with Gasteiger partial charge >= 0.3 is 5.97 Å². The van der Waals surface area contributed by atoms with Crippen LogP contribution >= 0.6 is 11.3 Å². The summed E-state index contributed by atoms with van der Waals surface area (Å²) in [5, 5.41) is 17.6. The van der Waals surface area contributed by atoms with Crippen molar-refractivity contribution in [1.82, 2.24) is 0 Å². The lowest BCUT2D eigenvalue weighted by Gasteiger charge is -2.09. The summed E-state index contributed by atoms with van der Waals surface area (Å²) in [6.07, 6.45) is 1.96. The Morgan fingerprint density at radius 2 is 2.04 bits per heavy atom. The summed E-state index contributed by atoms with van der Waals surface area (Å²) < 4.78 is 5.08. The first-order valence-electron chi connectivity index (χ1n) is 8.95. The quantitative estimate of drug-likeness (QED) is 0.406. The lowest BCUT2D eigenvalue weighted by Crippen LogP contribution is -2.15. The Balaban J connectivity index is 1.87. The zero-order valence-corrected chi connectivity index (χ0v) is 16.6. The highest BCUT2D eigenvalue weighted by Crippen LogP contribution is 2.35. The minimum Gasteiger partial charge on any atom is -0.462 e. The summed E-state index contributed by atoms with van der Waals surface area (Å²) in [6, 6.07) is 4.58. The fourth-order valence-corrected chi connectivity index (χ4v) is 3.78. The summed E-state index contributed by atoms with van der Waals surface area (Å²) >= 11 is 1.27. The van der Waals surface area contributed by atoms with Gasteiger partial charge in [0.2, 0.25) is 0 Å². The number of ether oxygens (including phenoxy) is 1. The van der Waals surface area contributed by atoms with E-state index in [0.717, 1.165) is 23.3 Å². The molecule has 0 unspecified atom stereocenters. The molecule has 0 aliphatic heterocycles. The van der Waals surface area contributed by atoms with Gasteiger partial charge in [0.15, 0.2) is 0 Å². The second-order valence-corrected chi connectivity index (χ2v) is 7.79. The van der Waals surface area contributed by atoms with Crippen LogP contribution in [0.1, 0.15) is 50.9 Å². The van der Waals surface area contributed by atoms with E-state index in [1.54, 1.807) is 19.9 Å². The third-order valence-corrected chi connectivity index (χ3v) is 5.61. The number of hydrogen-bond donors (Lipinski definition) is 2. The standard InChI is InChI=1S/C19H21N3O5S/c1-4-27-19(24)16-10(2)11(3)28-18(16)21-17(23)12-5-8-14(20-13-6-7-13)15(9-12)22(25)26/h5,8-9,13,20H,4,6-7H2,1-3H3,(H,21,23). The molecular formula is C19H21N3O5S. The van der Waals surface area contributed by atoms with Crippen LogP contribution in [0.25, 0.3) is 0 Å². The van der Waals surface area contributed by atoms with Crippen molar-refractivity contribution in [1.29, 1.82) is 0 Å². The SMILES string of the molecule is CCOC(=O)c1c(NC(=O)c2ccc(NC3CC3)c([N+](=O)[O-])c2)sc(C)c1C. The molecule has 0 spiro atoms. The van der Waals surface area contributed by atoms with Crippen LogP contribution in [0.5, 0.6) is 0 Å². The number of aryl methyl sites for hydroxylation is 1. The molecule has 0 radical (unpaired) electrons. The maximum Gasteiger partial charge on any atom is 0.341 e. The van der Waals surface area contributed by atoms with Gasteiger partial charge < -0.3 is 15.4 Å². The monoisotopic (exact) mass is 403 g/mol. The van der Waals surface area contributed by atoms with E-state index < -0.39 is 16.8 Å². The first-order chi connectivity index (χ1) is 13.3. The van der Waals surface area contributed by atoms with E-state index in [-0.39, 0.29) is 23.9 Å². The molecule has 1 heterocycles. The van der Waals surface area contributed by atoms with Gasteiger partial charge in [-0.25, -0.2) is 4.79 Å². The van der Waals surface area contributed by atoms with Crippen LogP contribution < -0.4 is 10.6 Å². The Morgan fingerprint density at radius 1 is 1.32 bits per heavy atom. The number of amides is 1. The fourth-order valence-electron chi connectivity index (χ4n) is 2.73. The molecule has 1 aromatic carbocycles. The number of anilines is 2. The Kier molecular flexibility index (Phi) is 5.64. The summed E-state index contributed by atoms with van der Waals surface area (Å²) in [5.74, 6) is -1.03. The summed E-state index contributed by atoms with van der Waals surface area (Å²) in [6.45, 7) is 5.57. The molecule has 8 nitrogen and oxygen atoms in total. The zero-order valence-electron chi connectivity index (χ0n) is 15.8.